The third-order valence-corrected chi connectivity index (χ3v) is 2.33. The summed E-state index contributed by atoms with van der Waals surface area (Å²) in [5.74, 6) is -0.967. The van der Waals surface area contributed by atoms with Crippen LogP contribution < -0.4 is 10.1 Å². The van der Waals surface area contributed by atoms with Crippen molar-refractivity contribution >= 4 is 5.91 Å². The van der Waals surface area contributed by atoms with Gasteiger partial charge in [0.15, 0.2) is 6.10 Å². The minimum atomic E-state index is -4.54. The number of amides is 1. The van der Waals surface area contributed by atoms with Gasteiger partial charge < -0.3 is 10.1 Å². The van der Waals surface area contributed by atoms with Crippen molar-refractivity contribution in [2.75, 3.05) is 6.54 Å². The summed E-state index contributed by atoms with van der Waals surface area (Å²) in [6.07, 6.45) is -3.91. The van der Waals surface area contributed by atoms with Crippen molar-refractivity contribution in [3.63, 3.8) is 0 Å². The SMILES string of the molecule is O=C1NCCC1Oc1ncccc1C(F)(F)F. The van der Waals surface area contributed by atoms with Crippen molar-refractivity contribution in [1.82, 2.24) is 10.3 Å². The van der Waals surface area contributed by atoms with Crippen LogP contribution in [0.25, 0.3) is 0 Å². The summed E-state index contributed by atoms with van der Waals surface area (Å²) in [6, 6.07) is 2.04. The summed E-state index contributed by atoms with van der Waals surface area (Å²) < 4.78 is 42.8. The van der Waals surface area contributed by atoms with Crippen LogP contribution in [0.15, 0.2) is 18.3 Å². The van der Waals surface area contributed by atoms with E-state index in [4.69, 9.17) is 4.74 Å². The lowest BCUT2D eigenvalue weighted by Gasteiger charge is -2.14. The van der Waals surface area contributed by atoms with E-state index in [-0.39, 0.29) is 0 Å². The molecule has 0 aliphatic carbocycles. The maximum Gasteiger partial charge on any atom is 0.421 e. The third kappa shape index (κ3) is 2.48. The predicted molar refractivity (Wildman–Crippen MR) is 51.3 cm³/mol. The Hall–Kier alpha value is -1.79. The minimum absolute atomic E-state index is 0.340. The van der Waals surface area contributed by atoms with Crippen molar-refractivity contribution in [2.45, 2.75) is 18.7 Å². The minimum Gasteiger partial charge on any atom is -0.464 e. The van der Waals surface area contributed by atoms with Crippen LogP contribution in [0.2, 0.25) is 0 Å². The number of carbonyl (C=O) groups is 1. The van der Waals surface area contributed by atoms with E-state index in [2.05, 4.69) is 10.3 Å². The van der Waals surface area contributed by atoms with E-state index in [0.717, 1.165) is 6.07 Å². The van der Waals surface area contributed by atoms with Crippen LogP contribution >= 0.6 is 0 Å². The van der Waals surface area contributed by atoms with Gasteiger partial charge in [0, 0.05) is 19.2 Å². The molecule has 1 N–H and O–H groups in total. The monoisotopic (exact) mass is 246 g/mol. The van der Waals surface area contributed by atoms with Crippen LogP contribution in [-0.4, -0.2) is 23.5 Å². The molecule has 1 aromatic rings. The Kier molecular flexibility index (Phi) is 2.91. The van der Waals surface area contributed by atoms with Crippen LogP contribution in [0.1, 0.15) is 12.0 Å². The van der Waals surface area contributed by atoms with Crippen molar-refractivity contribution in [3.05, 3.63) is 23.9 Å². The van der Waals surface area contributed by atoms with Crippen molar-refractivity contribution in [1.29, 1.82) is 0 Å². The number of halogens is 3. The van der Waals surface area contributed by atoms with Gasteiger partial charge in [-0.2, -0.15) is 13.2 Å². The topological polar surface area (TPSA) is 51.2 Å². The number of alkyl halides is 3. The first-order valence-electron chi connectivity index (χ1n) is 4.95. The lowest BCUT2D eigenvalue weighted by molar-refractivity contribution is -0.140. The molecular formula is C10H9F3N2O2. The molecule has 4 nitrogen and oxygen atoms in total. The number of ether oxygens (including phenoxy) is 1. The maximum absolute atomic E-state index is 12.6. The average molecular weight is 246 g/mol. The molecule has 17 heavy (non-hydrogen) atoms. The van der Waals surface area contributed by atoms with Gasteiger partial charge in [0.05, 0.1) is 0 Å². The highest BCUT2D eigenvalue weighted by atomic mass is 19.4. The standard InChI is InChI=1S/C10H9F3N2O2/c11-10(12,13)6-2-1-4-15-9(6)17-7-3-5-14-8(7)16/h1-2,4,7H,3,5H2,(H,14,16). The molecule has 2 heterocycles. The lowest BCUT2D eigenvalue weighted by Crippen LogP contribution is -2.28. The van der Waals surface area contributed by atoms with Gasteiger partial charge in [-0.25, -0.2) is 4.98 Å². The van der Waals surface area contributed by atoms with Crippen LogP contribution in [0.3, 0.4) is 0 Å². The zero-order valence-corrected chi connectivity index (χ0v) is 8.62. The van der Waals surface area contributed by atoms with E-state index in [0.29, 0.717) is 13.0 Å². The molecule has 0 radical (unpaired) electrons. The van der Waals surface area contributed by atoms with Gasteiger partial charge in [-0.15, -0.1) is 0 Å². The molecule has 1 saturated heterocycles. The molecule has 1 fully saturated rings. The van der Waals surface area contributed by atoms with Gasteiger partial charge in [0.25, 0.3) is 5.91 Å². The smallest absolute Gasteiger partial charge is 0.421 e. The Bertz CT molecular complexity index is 434. The van der Waals surface area contributed by atoms with Crippen molar-refractivity contribution in [2.24, 2.45) is 0 Å². The fraction of sp³-hybridized carbons (Fsp3) is 0.400. The highest BCUT2D eigenvalue weighted by Gasteiger charge is 2.37. The third-order valence-electron chi connectivity index (χ3n) is 2.33. The van der Waals surface area contributed by atoms with Gasteiger partial charge >= 0.3 is 6.18 Å². The molecule has 1 aromatic heterocycles. The van der Waals surface area contributed by atoms with Crippen LogP contribution in [0, 0.1) is 0 Å². The first kappa shape index (κ1) is 11.7. The summed E-state index contributed by atoms with van der Waals surface area (Å²) in [5.41, 5.74) is -0.972. The number of rotatable bonds is 2. The van der Waals surface area contributed by atoms with Gasteiger partial charge in [0.1, 0.15) is 5.56 Å². The number of hydrogen-bond donors (Lipinski definition) is 1. The van der Waals surface area contributed by atoms with Crippen LogP contribution in [0.4, 0.5) is 13.2 Å². The molecule has 0 spiro atoms. The Morgan fingerprint density at radius 2 is 2.24 bits per heavy atom. The average Bonchev–Trinajstić information content (AvgIpc) is 2.64. The van der Waals surface area contributed by atoms with Gasteiger partial charge in [-0.1, -0.05) is 0 Å². The fourth-order valence-corrected chi connectivity index (χ4v) is 1.52. The molecule has 1 aliphatic heterocycles. The number of nitrogens with zero attached hydrogens (tertiary/aromatic N) is 1. The molecule has 1 atom stereocenters. The van der Waals surface area contributed by atoms with Gasteiger partial charge in [-0.3, -0.25) is 4.79 Å². The first-order chi connectivity index (χ1) is 7.98. The molecule has 1 amide bonds. The second-order valence-electron chi connectivity index (χ2n) is 3.54. The largest absolute Gasteiger partial charge is 0.464 e. The molecule has 0 saturated carbocycles. The molecular weight excluding hydrogens is 237 g/mol. The molecule has 7 heteroatoms. The summed E-state index contributed by atoms with van der Waals surface area (Å²) in [5, 5.41) is 2.48. The van der Waals surface area contributed by atoms with Crippen LogP contribution in [-0.2, 0) is 11.0 Å². The molecule has 1 unspecified atom stereocenters. The second kappa shape index (κ2) is 4.23. The van der Waals surface area contributed by atoms with Crippen molar-refractivity contribution in [3.8, 4) is 5.88 Å². The number of nitrogens with one attached hydrogen (secondary N) is 1. The maximum atomic E-state index is 12.6. The summed E-state index contributed by atoms with van der Waals surface area (Å²) in [7, 11) is 0. The van der Waals surface area contributed by atoms with Crippen molar-refractivity contribution < 1.29 is 22.7 Å². The Balaban J connectivity index is 2.23. The summed E-state index contributed by atoms with van der Waals surface area (Å²) >= 11 is 0. The molecule has 0 aromatic carbocycles. The molecule has 1 aliphatic rings. The number of pyridine rings is 1. The molecule has 2 rings (SSSR count). The zero-order valence-electron chi connectivity index (χ0n) is 8.62. The lowest BCUT2D eigenvalue weighted by atomic mass is 10.2. The first-order valence-corrected chi connectivity index (χ1v) is 4.95. The highest BCUT2D eigenvalue weighted by molar-refractivity contribution is 5.83. The van der Waals surface area contributed by atoms with Gasteiger partial charge in [0.2, 0.25) is 5.88 Å². The second-order valence-corrected chi connectivity index (χ2v) is 3.54. The number of hydrogen-bond acceptors (Lipinski definition) is 3. The number of carbonyl (C=O) groups excluding carboxylic acids is 1. The Morgan fingerprint density at radius 3 is 2.82 bits per heavy atom. The fourth-order valence-electron chi connectivity index (χ4n) is 1.52. The zero-order chi connectivity index (χ0) is 12.5. The normalized spacial score (nSPS) is 20.2. The summed E-state index contributed by atoms with van der Waals surface area (Å²) in [4.78, 5) is 14.7. The van der Waals surface area contributed by atoms with Crippen LogP contribution in [0.5, 0.6) is 5.88 Å². The summed E-state index contributed by atoms with van der Waals surface area (Å²) in [6.45, 7) is 0.400. The van der Waals surface area contributed by atoms with E-state index in [1.807, 2.05) is 0 Å². The highest BCUT2D eigenvalue weighted by Crippen LogP contribution is 2.35. The van der Waals surface area contributed by atoms with E-state index in [1.54, 1.807) is 0 Å². The number of aromatic nitrogens is 1. The predicted octanol–water partition coefficient (Wildman–Crippen LogP) is 1.37. The Morgan fingerprint density at radius 1 is 1.47 bits per heavy atom. The quantitative estimate of drug-likeness (QED) is 0.857. The van der Waals surface area contributed by atoms with Gasteiger partial charge in [-0.05, 0) is 12.1 Å². The molecule has 0 bridgehead atoms. The van der Waals surface area contributed by atoms with E-state index < -0.39 is 29.6 Å². The van der Waals surface area contributed by atoms with E-state index in [1.165, 1.54) is 12.3 Å². The van der Waals surface area contributed by atoms with E-state index >= 15 is 0 Å². The van der Waals surface area contributed by atoms with E-state index in [9.17, 15) is 18.0 Å². The Labute approximate surface area is 94.8 Å². The molecule has 92 valence electrons.